The van der Waals surface area contributed by atoms with Gasteiger partial charge in [0.15, 0.2) is 0 Å². The quantitative estimate of drug-likeness (QED) is 0.866. The summed E-state index contributed by atoms with van der Waals surface area (Å²) in [5.41, 5.74) is 1.57. The molecule has 0 aliphatic carbocycles. The van der Waals surface area contributed by atoms with Crippen LogP contribution in [0.4, 0.5) is 5.82 Å². The number of ether oxygens (including phenoxy) is 1. The van der Waals surface area contributed by atoms with E-state index in [1.807, 2.05) is 13.0 Å². The van der Waals surface area contributed by atoms with E-state index in [1.165, 1.54) is 0 Å². The summed E-state index contributed by atoms with van der Waals surface area (Å²) in [5, 5.41) is 6.00. The Morgan fingerprint density at radius 2 is 2.37 bits per heavy atom. The summed E-state index contributed by atoms with van der Waals surface area (Å²) in [6, 6.07) is 3.75. The lowest BCUT2D eigenvalue weighted by atomic mass is 10.1. The summed E-state index contributed by atoms with van der Waals surface area (Å²) in [6.45, 7) is 3.43. The highest BCUT2D eigenvalue weighted by atomic mass is 16.5. The molecule has 1 atom stereocenters. The van der Waals surface area contributed by atoms with Gasteiger partial charge in [-0.1, -0.05) is 6.92 Å². The predicted molar refractivity (Wildman–Crippen MR) is 74.5 cm³/mol. The van der Waals surface area contributed by atoms with E-state index in [-0.39, 0.29) is 11.9 Å². The SMILES string of the molecule is CCc1cc(C(=O)NC2CCCOC2)cc(NC)n1. The standard InChI is InChI=1S/C14H21N3O2/c1-3-11-7-10(8-13(15-2)16-11)14(18)17-12-5-4-6-19-9-12/h7-8,12H,3-6,9H2,1-2H3,(H,15,16)(H,17,18). The van der Waals surface area contributed by atoms with Gasteiger partial charge in [-0.3, -0.25) is 4.79 Å². The van der Waals surface area contributed by atoms with Gasteiger partial charge in [0, 0.05) is 24.9 Å². The Morgan fingerprint density at radius 3 is 3.00 bits per heavy atom. The van der Waals surface area contributed by atoms with Gasteiger partial charge in [0.25, 0.3) is 5.91 Å². The molecule has 1 aromatic rings. The van der Waals surface area contributed by atoms with Crippen molar-refractivity contribution in [1.29, 1.82) is 0 Å². The Bertz CT molecular complexity index is 420. The molecule has 1 fully saturated rings. The normalized spacial score (nSPS) is 18.9. The zero-order valence-corrected chi connectivity index (χ0v) is 11.5. The van der Waals surface area contributed by atoms with Gasteiger partial charge in [-0.05, 0) is 31.4 Å². The molecule has 1 aliphatic heterocycles. The summed E-state index contributed by atoms with van der Waals surface area (Å²) in [5.74, 6) is 0.675. The maximum atomic E-state index is 12.2. The molecule has 1 saturated heterocycles. The zero-order chi connectivity index (χ0) is 13.7. The fraction of sp³-hybridized carbons (Fsp3) is 0.571. The second-order valence-corrected chi connectivity index (χ2v) is 4.72. The monoisotopic (exact) mass is 263 g/mol. The first-order chi connectivity index (χ1) is 9.22. The number of pyridine rings is 1. The average molecular weight is 263 g/mol. The molecule has 2 N–H and O–H groups in total. The first kappa shape index (κ1) is 13.8. The van der Waals surface area contributed by atoms with Crippen LogP contribution in [-0.2, 0) is 11.2 Å². The number of amides is 1. The predicted octanol–water partition coefficient (Wildman–Crippen LogP) is 1.59. The number of nitrogens with zero attached hydrogens (tertiary/aromatic N) is 1. The van der Waals surface area contributed by atoms with Crippen molar-refractivity contribution in [2.75, 3.05) is 25.6 Å². The third-order valence-corrected chi connectivity index (χ3v) is 3.25. The summed E-state index contributed by atoms with van der Waals surface area (Å²) in [6.07, 6.45) is 2.79. The molecule has 0 bridgehead atoms. The summed E-state index contributed by atoms with van der Waals surface area (Å²) >= 11 is 0. The largest absolute Gasteiger partial charge is 0.379 e. The van der Waals surface area contributed by atoms with Crippen molar-refractivity contribution in [3.8, 4) is 0 Å². The van der Waals surface area contributed by atoms with Crippen molar-refractivity contribution in [1.82, 2.24) is 10.3 Å². The second-order valence-electron chi connectivity index (χ2n) is 4.72. The topological polar surface area (TPSA) is 63.2 Å². The van der Waals surface area contributed by atoms with E-state index in [9.17, 15) is 4.79 Å². The number of aromatic nitrogens is 1. The van der Waals surface area contributed by atoms with Crippen LogP contribution in [-0.4, -0.2) is 37.2 Å². The molecule has 2 heterocycles. The van der Waals surface area contributed by atoms with Gasteiger partial charge < -0.3 is 15.4 Å². The van der Waals surface area contributed by atoms with Crippen LogP contribution >= 0.6 is 0 Å². The molecule has 1 aliphatic rings. The second kappa shape index (κ2) is 6.52. The minimum Gasteiger partial charge on any atom is -0.379 e. The summed E-state index contributed by atoms with van der Waals surface area (Å²) in [7, 11) is 1.80. The fourth-order valence-corrected chi connectivity index (χ4v) is 2.15. The minimum absolute atomic E-state index is 0.0518. The smallest absolute Gasteiger partial charge is 0.251 e. The number of carbonyl (C=O) groups excluding carboxylic acids is 1. The van der Waals surface area contributed by atoms with E-state index in [0.717, 1.165) is 37.4 Å². The molecule has 19 heavy (non-hydrogen) atoms. The molecular formula is C14H21N3O2. The van der Waals surface area contributed by atoms with Crippen molar-refractivity contribution in [3.63, 3.8) is 0 Å². The van der Waals surface area contributed by atoms with Crippen LogP contribution in [0, 0.1) is 0 Å². The van der Waals surface area contributed by atoms with Crippen LogP contribution in [0.15, 0.2) is 12.1 Å². The maximum Gasteiger partial charge on any atom is 0.251 e. The Kier molecular flexibility index (Phi) is 4.74. The van der Waals surface area contributed by atoms with Crippen LogP contribution in [0.2, 0.25) is 0 Å². The Labute approximate surface area is 113 Å². The van der Waals surface area contributed by atoms with Crippen LogP contribution in [0.25, 0.3) is 0 Å². The molecule has 0 saturated carbocycles. The van der Waals surface area contributed by atoms with Gasteiger partial charge in [-0.15, -0.1) is 0 Å². The van der Waals surface area contributed by atoms with Crippen LogP contribution in [0.5, 0.6) is 0 Å². The highest BCUT2D eigenvalue weighted by Gasteiger charge is 2.17. The summed E-state index contributed by atoms with van der Waals surface area (Å²) < 4.78 is 5.37. The van der Waals surface area contributed by atoms with Crippen molar-refractivity contribution in [2.45, 2.75) is 32.2 Å². The number of hydrogen-bond donors (Lipinski definition) is 2. The summed E-state index contributed by atoms with van der Waals surface area (Å²) in [4.78, 5) is 16.6. The molecule has 2 rings (SSSR count). The lowest BCUT2D eigenvalue weighted by Crippen LogP contribution is -2.40. The van der Waals surface area contributed by atoms with Gasteiger partial charge in [-0.25, -0.2) is 4.98 Å². The lowest BCUT2D eigenvalue weighted by molar-refractivity contribution is 0.0624. The van der Waals surface area contributed by atoms with Crippen molar-refractivity contribution >= 4 is 11.7 Å². The fourth-order valence-electron chi connectivity index (χ4n) is 2.15. The van der Waals surface area contributed by atoms with E-state index in [2.05, 4.69) is 15.6 Å². The Balaban J connectivity index is 2.08. The van der Waals surface area contributed by atoms with Crippen molar-refractivity contribution < 1.29 is 9.53 Å². The number of carbonyl (C=O) groups is 1. The minimum atomic E-state index is -0.0518. The molecule has 1 amide bonds. The number of anilines is 1. The number of aryl methyl sites for hydroxylation is 1. The highest BCUT2D eigenvalue weighted by Crippen LogP contribution is 2.12. The third-order valence-electron chi connectivity index (χ3n) is 3.25. The lowest BCUT2D eigenvalue weighted by Gasteiger charge is -2.23. The number of nitrogens with one attached hydrogen (secondary N) is 2. The molecule has 5 heteroatoms. The third kappa shape index (κ3) is 3.67. The highest BCUT2D eigenvalue weighted by molar-refractivity contribution is 5.95. The molecule has 0 radical (unpaired) electrons. The average Bonchev–Trinajstić information content (AvgIpc) is 2.47. The first-order valence-corrected chi connectivity index (χ1v) is 6.80. The maximum absolute atomic E-state index is 12.2. The van der Waals surface area contributed by atoms with Crippen LogP contribution in [0.1, 0.15) is 35.8 Å². The van der Waals surface area contributed by atoms with Crippen LogP contribution in [0.3, 0.4) is 0 Å². The van der Waals surface area contributed by atoms with E-state index in [4.69, 9.17) is 4.74 Å². The molecule has 104 valence electrons. The zero-order valence-electron chi connectivity index (χ0n) is 11.5. The number of hydrogen-bond acceptors (Lipinski definition) is 4. The van der Waals surface area contributed by atoms with Gasteiger partial charge in [0.05, 0.1) is 12.6 Å². The molecule has 0 aromatic carbocycles. The van der Waals surface area contributed by atoms with Crippen molar-refractivity contribution in [2.24, 2.45) is 0 Å². The van der Waals surface area contributed by atoms with Crippen LogP contribution < -0.4 is 10.6 Å². The first-order valence-electron chi connectivity index (χ1n) is 6.80. The molecular weight excluding hydrogens is 242 g/mol. The van der Waals surface area contributed by atoms with Gasteiger partial charge >= 0.3 is 0 Å². The molecule has 5 nitrogen and oxygen atoms in total. The van der Waals surface area contributed by atoms with Crippen molar-refractivity contribution in [3.05, 3.63) is 23.4 Å². The van der Waals surface area contributed by atoms with E-state index >= 15 is 0 Å². The van der Waals surface area contributed by atoms with E-state index in [0.29, 0.717) is 12.2 Å². The Morgan fingerprint density at radius 1 is 1.53 bits per heavy atom. The van der Waals surface area contributed by atoms with E-state index in [1.54, 1.807) is 13.1 Å². The van der Waals surface area contributed by atoms with E-state index < -0.39 is 0 Å². The number of rotatable bonds is 4. The molecule has 1 aromatic heterocycles. The van der Waals surface area contributed by atoms with Gasteiger partial charge in [-0.2, -0.15) is 0 Å². The van der Waals surface area contributed by atoms with Gasteiger partial charge in [0.2, 0.25) is 0 Å². The van der Waals surface area contributed by atoms with Gasteiger partial charge in [0.1, 0.15) is 5.82 Å². The molecule has 1 unspecified atom stereocenters. The molecule has 0 spiro atoms. The Hall–Kier alpha value is -1.62.